The minimum atomic E-state index is -3.66. The van der Waals surface area contributed by atoms with Gasteiger partial charge in [-0.3, -0.25) is 4.90 Å². The molecule has 3 rings (SSSR count). The molecule has 8 nitrogen and oxygen atoms in total. The van der Waals surface area contributed by atoms with E-state index in [2.05, 4.69) is 4.72 Å². The van der Waals surface area contributed by atoms with Gasteiger partial charge in [-0.2, -0.15) is 0 Å². The molecule has 0 radical (unpaired) electrons. The van der Waals surface area contributed by atoms with Gasteiger partial charge in [0.25, 0.3) is 0 Å². The molecule has 2 aromatic carbocycles. The number of carbonyl (C=O) groups is 1. The van der Waals surface area contributed by atoms with E-state index in [4.69, 9.17) is 14.2 Å². The summed E-state index contributed by atoms with van der Waals surface area (Å²) in [5, 5.41) is 0. The predicted molar refractivity (Wildman–Crippen MR) is 98.8 cm³/mol. The van der Waals surface area contributed by atoms with Crippen LogP contribution in [0.1, 0.15) is 0 Å². The quantitative estimate of drug-likeness (QED) is 0.775. The van der Waals surface area contributed by atoms with E-state index in [1.807, 2.05) is 0 Å². The van der Waals surface area contributed by atoms with Crippen LogP contribution < -0.4 is 19.1 Å². The maximum absolute atomic E-state index is 12.3. The van der Waals surface area contributed by atoms with Crippen molar-refractivity contribution in [1.29, 1.82) is 0 Å². The summed E-state index contributed by atoms with van der Waals surface area (Å²) >= 11 is 0. The van der Waals surface area contributed by atoms with E-state index in [-0.39, 0.29) is 18.0 Å². The second kappa shape index (κ2) is 7.85. The number of anilines is 1. The molecule has 0 aliphatic carbocycles. The number of hydrogen-bond donors (Lipinski definition) is 1. The van der Waals surface area contributed by atoms with Crippen LogP contribution in [0.5, 0.6) is 11.5 Å². The highest BCUT2D eigenvalue weighted by Gasteiger charge is 2.33. The molecule has 1 heterocycles. The highest BCUT2D eigenvalue weighted by molar-refractivity contribution is 7.89. The van der Waals surface area contributed by atoms with Crippen molar-refractivity contribution in [2.75, 3.05) is 32.2 Å². The molecule has 0 aromatic heterocycles. The monoisotopic (exact) mass is 392 g/mol. The first kappa shape index (κ1) is 19.0. The Morgan fingerprint density at radius 2 is 1.81 bits per heavy atom. The number of hydrogen-bond acceptors (Lipinski definition) is 6. The van der Waals surface area contributed by atoms with Gasteiger partial charge in [0.05, 0.1) is 31.3 Å². The number of sulfonamides is 1. The molecule has 1 aliphatic heterocycles. The predicted octanol–water partition coefficient (Wildman–Crippen LogP) is 2.01. The van der Waals surface area contributed by atoms with Crippen LogP contribution in [0.15, 0.2) is 53.4 Å². The summed E-state index contributed by atoms with van der Waals surface area (Å²) in [4.78, 5) is 13.8. The van der Waals surface area contributed by atoms with E-state index in [0.29, 0.717) is 17.2 Å². The molecule has 27 heavy (non-hydrogen) atoms. The molecule has 1 saturated heterocycles. The zero-order valence-corrected chi connectivity index (χ0v) is 15.7. The summed E-state index contributed by atoms with van der Waals surface area (Å²) in [5.41, 5.74) is 0.575. The Hall–Kier alpha value is -2.78. The standard InChI is InChI=1S/C18H20N2O6S/c1-24-16-9-8-13(10-17(16)25-2)20-12-14(26-18(20)21)11-19-27(22,23)15-6-4-3-5-7-15/h3-10,14,19H,11-12H2,1-2H3. The highest BCUT2D eigenvalue weighted by atomic mass is 32.2. The fourth-order valence-electron chi connectivity index (χ4n) is 2.72. The van der Waals surface area contributed by atoms with Gasteiger partial charge in [0.1, 0.15) is 6.10 Å². The number of rotatable bonds is 7. The number of cyclic esters (lactones) is 1. The highest BCUT2D eigenvalue weighted by Crippen LogP contribution is 2.33. The molecule has 1 atom stereocenters. The SMILES string of the molecule is COc1ccc(N2CC(CNS(=O)(=O)c3ccccc3)OC2=O)cc1OC. The van der Waals surface area contributed by atoms with Crippen LogP contribution in [-0.2, 0) is 14.8 Å². The van der Waals surface area contributed by atoms with Crippen molar-refractivity contribution in [1.82, 2.24) is 4.72 Å². The molecule has 1 fully saturated rings. The minimum absolute atomic E-state index is 0.0211. The fraction of sp³-hybridized carbons (Fsp3) is 0.278. The first-order chi connectivity index (χ1) is 12.9. The zero-order chi connectivity index (χ0) is 19.4. The third kappa shape index (κ3) is 4.15. The molecule has 0 spiro atoms. The van der Waals surface area contributed by atoms with E-state index in [0.717, 1.165) is 0 Å². The van der Waals surface area contributed by atoms with Gasteiger partial charge in [0, 0.05) is 12.6 Å². The van der Waals surface area contributed by atoms with Gasteiger partial charge >= 0.3 is 6.09 Å². The second-order valence-corrected chi connectivity index (χ2v) is 7.59. The molecule has 9 heteroatoms. The molecule has 1 aliphatic rings. The number of nitrogens with one attached hydrogen (secondary N) is 1. The van der Waals surface area contributed by atoms with Crippen molar-refractivity contribution in [3.63, 3.8) is 0 Å². The first-order valence-corrected chi connectivity index (χ1v) is 9.68. The third-order valence-corrected chi connectivity index (χ3v) is 5.55. The third-order valence-electron chi connectivity index (χ3n) is 4.11. The summed E-state index contributed by atoms with van der Waals surface area (Å²) in [6.45, 7) is 0.193. The summed E-state index contributed by atoms with van der Waals surface area (Å²) in [6, 6.07) is 13.1. The Morgan fingerprint density at radius 1 is 1.11 bits per heavy atom. The lowest BCUT2D eigenvalue weighted by atomic mass is 10.2. The van der Waals surface area contributed by atoms with Crippen LogP contribution >= 0.6 is 0 Å². The number of ether oxygens (including phenoxy) is 3. The Morgan fingerprint density at radius 3 is 2.48 bits per heavy atom. The average molecular weight is 392 g/mol. The fourth-order valence-corrected chi connectivity index (χ4v) is 3.80. The molecule has 1 amide bonds. The second-order valence-electron chi connectivity index (χ2n) is 5.82. The molecular formula is C18H20N2O6S. The van der Waals surface area contributed by atoms with Crippen LogP contribution in [0.2, 0.25) is 0 Å². The Balaban J connectivity index is 1.67. The maximum Gasteiger partial charge on any atom is 0.414 e. The van der Waals surface area contributed by atoms with Crippen LogP contribution in [0, 0.1) is 0 Å². The number of benzene rings is 2. The van der Waals surface area contributed by atoms with Crippen LogP contribution in [-0.4, -0.2) is 47.9 Å². The van der Waals surface area contributed by atoms with Crippen molar-refractivity contribution in [2.45, 2.75) is 11.0 Å². The summed E-state index contributed by atoms with van der Waals surface area (Å²) < 4.78 is 42.7. The topological polar surface area (TPSA) is 94.2 Å². The first-order valence-electron chi connectivity index (χ1n) is 8.19. The summed E-state index contributed by atoms with van der Waals surface area (Å²) in [7, 11) is -0.634. The lowest BCUT2D eigenvalue weighted by Gasteiger charge is -2.15. The van der Waals surface area contributed by atoms with Gasteiger partial charge in [0.2, 0.25) is 10.0 Å². The zero-order valence-electron chi connectivity index (χ0n) is 14.9. The van der Waals surface area contributed by atoms with E-state index in [9.17, 15) is 13.2 Å². The van der Waals surface area contributed by atoms with Crippen molar-refractivity contribution < 1.29 is 27.4 Å². The van der Waals surface area contributed by atoms with Gasteiger partial charge in [0.15, 0.2) is 11.5 Å². The van der Waals surface area contributed by atoms with Crippen molar-refractivity contribution in [2.24, 2.45) is 0 Å². The van der Waals surface area contributed by atoms with Gasteiger partial charge in [-0.25, -0.2) is 17.9 Å². The molecule has 144 valence electrons. The lowest BCUT2D eigenvalue weighted by molar-refractivity contribution is 0.143. The van der Waals surface area contributed by atoms with Crippen LogP contribution in [0.25, 0.3) is 0 Å². The normalized spacial score (nSPS) is 16.9. The largest absolute Gasteiger partial charge is 0.493 e. The lowest BCUT2D eigenvalue weighted by Crippen LogP contribution is -2.34. The summed E-state index contributed by atoms with van der Waals surface area (Å²) in [5.74, 6) is 1.03. The maximum atomic E-state index is 12.3. The molecule has 1 N–H and O–H groups in total. The Bertz CT molecular complexity index is 917. The van der Waals surface area contributed by atoms with Gasteiger partial charge in [-0.1, -0.05) is 18.2 Å². The molecule has 2 aromatic rings. The van der Waals surface area contributed by atoms with Crippen molar-refractivity contribution >= 4 is 21.8 Å². The molecular weight excluding hydrogens is 372 g/mol. The molecule has 0 saturated carbocycles. The van der Waals surface area contributed by atoms with Gasteiger partial charge < -0.3 is 14.2 Å². The van der Waals surface area contributed by atoms with E-state index >= 15 is 0 Å². The average Bonchev–Trinajstić information content (AvgIpc) is 3.07. The Kier molecular flexibility index (Phi) is 5.52. The summed E-state index contributed by atoms with van der Waals surface area (Å²) in [6.07, 6.45) is -1.16. The van der Waals surface area contributed by atoms with E-state index in [1.54, 1.807) is 36.4 Å². The van der Waals surface area contributed by atoms with Crippen LogP contribution in [0.3, 0.4) is 0 Å². The van der Waals surface area contributed by atoms with Crippen molar-refractivity contribution in [3.05, 3.63) is 48.5 Å². The van der Waals surface area contributed by atoms with Gasteiger partial charge in [-0.15, -0.1) is 0 Å². The van der Waals surface area contributed by atoms with E-state index < -0.39 is 22.2 Å². The van der Waals surface area contributed by atoms with Crippen molar-refractivity contribution in [3.8, 4) is 11.5 Å². The number of carbonyl (C=O) groups excluding carboxylic acids is 1. The van der Waals surface area contributed by atoms with Crippen LogP contribution in [0.4, 0.5) is 10.5 Å². The van der Waals surface area contributed by atoms with E-state index in [1.165, 1.54) is 31.3 Å². The van der Waals surface area contributed by atoms with Gasteiger partial charge in [-0.05, 0) is 24.3 Å². The number of nitrogens with zero attached hydrogens (tertiary/aromatic N) is 1. The molecule has 1 unspecified atom stereocenters. The number of methoxy groups -OCH3 is 2. The minimum Gasteiger partial charge on any atom is -0.493 e. The number of amides is 1. The Labute approximate surface area is 157 Å². The molecule has 0 bridgehead atoms. The smallest absolute Gasteiger partial charge is 0.414 e.